The largest absolute Gasteiger partial charge is 0.481 e. The van der Waals surface area contributed by atoms with Crippen LogP contribution in [-0.2, 0) is 22.6 Å². The van der Waals surface area contributed by atoms with Gasteiger partial charge in [0.1, 0.15) is 6.04 Å². The van der Waals surface area contributed by atoms with Gasteiger partial charge in [-0.15, -0.1) is 11.3 Å². The number of rotatable bonds is 7. The fourth-order valence-corrected chi connectivity index (χ4v) is 2.36. The van der Waals surface area contributed by atoms with Crippen LogP contribution >= 0.6 is 11.3 Å². The van der Waals surface area contributed by atoms with E-state index in [2.05, 4.69) is 10.6 Å². The Morgan fingerprint density at radius 1 is 1.25 bits per heavy atom. The lowest BCUT2D eigenvalue weighted by Gasteiger charge is -2.12. The van der Waals surface area contributed by atoms with Gasteiger partial charge in [0.2, 0.25) is 0 Å². The molecule has 1 aromatic rings. The summed E-state index contributed by atoms with van der Waals surface area (Å²) >= 11 is 1.56. The van der Waals surface area contributed by atoms with Gasteiger partial charge in [-0.05, 0) is 18.6 Å². The number of aryl methyl sites for hydroxylation is 1. The van der Waals surface area contributed by atoms with Gasteiger partial charge in [0.25, 0.3) is 0 Å². The van der Waals surface area contributed by atoms with Gasteiger partial charge in [0.05, 0.1) is 13.0 Å². The average Bonchev–Trinajstić information content (AvgIpc) is 2.83. The molecular formula is C12H16N2O5S. The SMILES string of the molecule is CCc1ccc(CNC(=O)N[C@@H](CC(=O)O)C(=O)O)s1. The van der Waals surface area contributed by atoms with Crippen LogP contribution < -0.4 is 10.6 Å². The lowest BCUT2D eigenvalue weighted by Crippen LogP contribution is -2.46. The molecule has 0 unspecified atom stereocenters. The number of carboxylic acids is 2. The van der Waals surface area contributed by atoms with Crippen molar-refractivity contribution in [3.63, 3.8) is 0 Å². The van der Waals surface area contributed by atoms with E-state index < -0.39 is 30.4 Å². The molecule has 0 bridgehead atoms. The van der Waals surface area contributed by atoms with Crippen LogP contribution in [0.2, 0.25) is 0 Å². The number of urea groups is 1. The number of hydrogen-bond donors (Lipinski definition) is 4. The molecule has 0 aromatic carbocycles. The van der Waals surface area contributed by atoms with Crippen LogP contribution in [0.3, 0.4) is 0 Å². The zero-order valence-electron chi connectivity index (χ0n) is 10.9. The van der Waals surface area contributed by atoms with E-state index in [-0.39, 0.29) is 6.54 Å². The lowest BCUT2D eigenvalue weighted by atomic mass is 10.2. The van der Waals surface area contributed by atoms with E-state index in [4.69, 9.17) is 10.2 Å². The molecule has 0 aliphatic carbocycles. The van der Waals surface area contributed by atoms with Crippen molar-refractivity contribution in [1.29, 1.82) is 0 Å². The van der Waals surface area contributed by atoms with Crippen LogP contribution in [0.4, 0.5) is 4.79 Å². The second kappa shape index (κ2) is 7.49. The Labute approximate surface area is 119 Å². The van der Waals surface area contributed by atoms with Crippen molar-refractivity contribution in [1.82, 2.24) is 10.6 Å². The molecule has 0 spiro atoms. The van der Waals surface area contributed by atoms with Gasteiger partial charge in [-0.1, -0.05) is 6.92 Å². The molecule has 0 aliphatic rings. The third-order valence-electron chi connectivity index (χ3n) is 2.47. The minimum Gasteiger partial charge on any atom is -0.481 e. The lowest BCUT2D eigenvalue weighted by molar-refractivity contribution is -0.145. The first-order chi connectivity index (χ1) is 9.42. The van der Waals surface area contributed by atoms with Crippen LogP contribution in [0.15, 0.2) is 12.1 Å². The molecule has 4 N–H and O–H groups in total. The van der Waals surface area contributed by atoms with Crippen LogP contribution in [0.25, 0.3) is 0 Å². The molecule has 7 nitrogen and oxygen atoms in total. The van der Waals surface area contributed by atoms with Crippen molar-refractivity contribution >= 4 is 29.3 Å². The summed E-state index contributed by atoms with van der Waals surface area (Å²) in [7, 11) is 0. The third-order valence-corrected chi connectivity index (χ3v) is 3.70. The average molecular weight is 300 g/mol. The molecule has 0 saturated heterocycles. The summed E-state index contributed by atoms with van der Waals surface area (Å²) in [5, 5.41) is 21.9. The van der Waals surface area contributed by atoms with Crippen molar-refractivity contribution in [2.45, 2.75) is 32.4 Å². The minimum absolute atomic E-state index is 0.274. The first-order valence-corrected chi connectivity index (χ1v) is 6.80. The van der Waals surface area contributed by atoms with Gasteiger partial charge in [-0.3, -0.25) is 4.79 Å². The number of thiophene rings is 1. The van der Waals surface area contributed by atoms with E-state index in [0.717, 1.165) is 11.3 Å². The fourth-order valence-electron chi connectivity index (χ4n) is 1.46. The molecule has 1 atom stereocenters. The predicted molar refractivity (Wildman–Crippen MR) is 72.7 cm³/mol. The Hall–Kier alpha value is -2.09. The molecule has 0 radical (unpaired) electrons. The standard InChI is InChI=1S/C12H16N2O5S/c1-2-7-3-4-8(20-7)6-13-12(19)14-9(11(17)18)5-10(15)16/h3-4,9H,2,5-6H2,1H3,(H,15,16)(H,17,18)(H2,13,14,19)/t9-/m0/s1. The number of aliphatic carboxylic acids is 2. The Morgan fingerprint density at radius 2 is 1.90 bits per heavy atom. The summed E-state index contributed by atoms with van der Waals surface area (Å²) in [4.78, 5) is 34.9. The Morgan fingerprint density at radius 3 is 2.40 bits per heavy atom. The molecule has 1 rings (SSSR count). The Kier molecular flexibility index (Phi) is 5.98. The van der Waals surface area contributed by atoms with Gasteiger partial charge in [-0.2, -0.15) is 0 Å². The summed E-state index contributed by atoms with van der Waals surface area (Å²) in [5.41, 5.74) is 0. The molecule has 8 heteroatoms. The molecule has 0 fully saturated rings. The van der Waals surface area contributed by atoms with E-state index >= 15 is 0 Å². The van der Waals surface area contributed by atoms with E-state index in [1.807, 2.05) is 19.1 Å². The number of carboxylic acid groups (broad SMARTS) is 2. The second-order valence-corrected chi connectivity index (χ2v) is 5.29. The summed E-state index contributed by atoms with van der Waals surface area (Å²) in [6, 6.07) is 1.70. The second-order valence-electron chi connectivity index (χ2n) is 4.04. The van der Waals surface area contributed by atoms with Gasteiger partial charge < -0.3 is 20.8 Å². The first kappa shape index (κ1) is 16.0. The summed E-state index contributed by atoms with van der Waals surface area (Å²) in [6.07, 6.45) is 0.248. The monoisotopic (exact) mass is 300 g/mol. The van der Waals surface area contributed by atoms with Gasteiger partial charge in [-0.25, -0.2) is 9.59 Å². The fraction of sp³-hybridized carbons (Fsp3) is 0.417. The number of carbonyl (C=O) groups is 3. The van der Waals surface area contributed by atoms with Crippen LogP contribution in [0, 0.1) is 0 Å². The maximum atomic E-state index is 11.5. The molecule has 20 heavy (non-hydrogen) atoms. The third kappa shape index (κ3) is 5.27. The zero-order valence-corrected chi connectivity index (χ0v) is 11.7. The molecule has 1 heterocycles. The normalized spacial score (nSPS) is 11.7. The highest BCUT2D eigenvalue weighted by Gasteiger charge is 2.22. The van der Waals surface area contributed by atoms with Gasteiger partial charge in [0, 0.05) is 9.75 Å². The maximum Gasteiger partial charge on any atom is 0.326 e. The zero-order chi connectivity index (χ0) is 15.1. The number of hydrogen-bond acceptors (Lipinski definition) is 4. The van der Waals surface area contributed by atoms with Crippen molar-refractivity contribution < 1.29 is 24.6 Å². The summed E-state index contributed by atoms with van der Waals surface area (Å²) < 4.78 is 0. The molecular weight excluding hydrogens is 284 g/mol. The van der Waals surface area contributed by atoms with Crippen molar-refractivity contribution in [3.05, 3.63) is 21.9 Å². The molecule has 0 saturated carbocycles. The summed E-state index contributed by atoms with van der Waals surface area (Å²) in [6.45, 7) is 2.30. The van der Waals surface area contributed by atoms with E-state index in [0.29, 0.717) is 0 Å². The van der Waals surface area contributed by atoms with Crippen LogP contribution in [0.5, 0.6) is 0 Å². The predicted octanol–water partition coefficient (Wildman–Crippen LogP) is 1.04. The quantitative estimate of drug-likeness (QED) is 0.600. The number of nitrogens with one attached hydrogen (secondary N) is 2. The van der Waals surface area contributed by atoms with E-state index in [1.54, 1.807) is 11.3 Å². The van der Waals surface area contributed by atoms with Gasteiger partial charge in [0.15, 0.2) is 0 Å². The van der Waals surface area contributed by atoms with Crippen molar-refractivity contribution in [2.24, 2.45) is 0 Å². The molecule has 2 amide bonds. The maximum absolute atomic E-state index is 11.5. The number of carbonyl (C=O) groups excluding carboxylic acids is 1. The smallest absolute Gasteiger partial charge is 0.326 e. The van der Waals surface area contributed by atoms with E-state index in [9.17, 15) is 14.4 Å². The van der Waals surface area contributed by atoms with Crippen LogP contribution in [0.1, 0.15) is 23.1 Å². The highest BCUT2D eigenvalue weighted by Crippen LogP contribution is 2.16. The highest BCUT2D eigenvalue weighted by molar-refractivity contribution is 7.11. The summed E-state index contributed by atoms with van der Waals surface area (Å²) in [5.74, 6) is -2.67. The van der Waals surface area contributed by atoms with E-state index in [1.165, 1.54) is 4.88 Å². The first-order valence-electron chi connectivity index (χ1n) is 5.99. The topological polar surface area (TPSA) is 116 Å². The number of amides is 2. The Bertz CT molecular complexity index is 500. The van der Waals surface area contributed by atoms with Gasteiger partial charge >= 0.3 is 18.0 Å². The Balaban J connectivity index is 2.45. The minimum atomic E-state index is -1.44. The highest BCUT2D eigenvalue weighted by atomic mass is 32.1. The molecule has 110 valence electrons. The molecule has 0 aliphatic heterocycles. The molecule has 1 aromatic heterocycles. The van der Waals surface area contributed by atoms with Crippen LogP contribution in [-0.4, -0.2) is 34.2 Å². The van der Waals surface area contributed by atoms with Crippen molar-refractivity contribution in [3.8, 4) is 0 Å². The van der Waals surface area contributed by atoms with Crippen molar-refractivity contribution in [2.75, 3.05) is 0 Å².